The third-order valence-corrected chi connectivity index (χ3v) is 7.12. The van der Waals surface area contributed by atoms with E-state index in [1.165, 1.54) is 0 Å². The summed E-state index contributed by atoms with van der Waals surface area (Å²) in [6.45, 7) is 3.73. The van der Waals surface area contributed by atoms with Crippen LogP contribution in [0.25, 0.3) is 10.8 Å². The number of ether oxygens (including phenoxy) is 1. The Balaban J connectivity index is 1.70. The third kappa shape index (κ3) is 4.87. The summed E-state index contributed by atoms with van der Waals surface area (Å²) in [4.78, 5) is 17.4. The lowest BCUT2D eigenvalue weighted by molar-refractivity contribution is -0.114. The summed E-state index contributed by atoms with van der Waals surface area (Å²) in [5.41, 5.74) is 1.39. The number of carbonyl (C=O) groups excluding carboxylic acids is 1. The van der Waals surface area contributed by atoms with Crippen LogP contribution in [-0.4, -0.2) is 32.5 Å². The van der Waals surface area contributed by atoms with Crippen LogP contribution in [0.4, 0.5) is 11.4 Å². The van der Waals surface area contributed by atoms with Crippen molar-refractivity contribution in [3.63, 3.8) is 0 Å². The van der Waals surface area contributed by atoms with Crippen LogP contribution in [0, 0.1) is 6.92 Å². The first kappa shape index (κ1) is 23.3. The molecule has 1 heterocycles. The molecule has 34 heavy (non-hydrogen) atoms. The van der Waals surface area contributed by atoms with Crippen LogP contribution < -0.4 is 14.4 Å². The molecule has 0 fully saturated rings. The highest BCUT2D eigenvalue weighted by Crippen LogP contribution is 2.30. The van der Waals surface area contributed by atoms with E-state index in [0.717, 1.165) is 9.69 Å². The average Bonchev–Trinajstić information content (AvgIpc) is 2.84. The SMILES string of the molecule is CCOc1ccc(NC(=O)CN(c2cccnc2C)S(=O)(=O)c2cccc3ccccc23)cc1. The van der Waals surface area contributed by atoms with Crippen molar-refractivity contribution in [1.82, 2.24) is 4.98 Å². The topological polar surface area (TPSA) is 88.6 Å². The number of hydrogen-bond donors (Lipinski definition) is 1. The number of fused-ring (bicyclic) bond motifs is 1. The van der Waals surface area contributed by atoms with Gasteiger partial charge in [-0.1, -0.05) is 36.4 Å². The van der Waals surface area contributed by atoms with Crippen molar-refractivity contribution >= 4 is 38.1 Å². The lowest BCUT2D eigenvalue weighted by Gasteiger charge is -2.25. The number of aromatic nitrogens is 1. The van der Waals surface area contributed by atoms with Gasteiger partial charge < -0.3 is 10.1 Å². The molecule has 4 rings (SSSR count). The number of rotatable bonds is 8. The molecule has 8 heteroatoms. The maximum Gasteiger partial charge on any atom is 0.265 e. The molecule has 0 aliphatic carbocycles. The fraction of sp³-hybridized carbons (Fsp3) is 0.154. The highest BCUT2D eigenvalue weighted by molar-refractivity contribution is 7.93. The number of amides is 1. The van der Waals surface area contributed by atoms with Crippen molar-refractivity contribution in [3.8, 4) is 5.75 Å². The molecule has 0 spiro atoms. The highest BCUT2D eigenvalue weighted by atomic mass is 32.2. The van der Waals surface area contributed by atoms with E-state index < -0.39 is 22.5 Å². The normalized spacial score (nSPS) is 11.2. The Morgan fingerprint density at radius 3 is 2.44 bits per heavy atom. The quantitative estimate of drug-likeness (QED) is 0.396. The Morgan fingerprint density at radius 1 is 0.971 bits per heavy atom. The smallest absolute Gasteiger partial charge is 0.265 e. The first-order valence-corrected chi connectivity index (χ1v) is 12.3. The molecule has 0 unspecified atom stereocenters. The average molecular weight is 476 g/mol. The number of nitrogens with zero attached hydrogens (tertiary/aromatic N) is 2. The summed E-state index contributed by atoms with van der Waals surface area (Å²) < 4.78 is 34.3. The first-order valence-electron chi connectivity index (χ1n) is 10.8. The van der Waals surface area contributed by atoms with Gasteiger partial charge in [0.15, 0.2) is 0 Å². The summed E-state index contributed by atoms with van der Waals surface area (Å²) >= 11 is 0. The van der Waals surface area contributed by atoms with E-state index in [0.29, 0.717) is 34.8 Å². The molecule has 1 N–H and O–H groups in total. The minimum absolute atomic E-state index is 0.128. The van der Waals surface area contributed by atoms with Gasteiger partial charge in [-0.25, -0.2) is 8.42 Å². The second kappa shape index (κ2) is 9.93. The number of aryl methyl sites for hydroxylation is 1. The van der Waals surface area contributed by atoms with E-state index in [9.17, 15) is 13.2 Å². The number of carbonyl (C=O) groups is 1. The standard InChI is InChI=1S/C26H25N3O4S/c1-3-33-22-15-13-21(14-16-22)28-26(30)18-29(24-11-7-17-27-19(24)2)34(31,32)25-12-6-9-20-8-4-5-10-23(20)25/h4-17H,3,18H2,1-2H3,(H,28,30). The predicted octanol–water partition coefficient (Wildman–Crippen LogP) is 4.78. The molecule has 0 aliphatic heterocycles. The van der Waals surface area contributed by atoms with Crippen LogP contribution >= 0.6 is 0 Å². The summed E-state index contributed by atoms with van der Waals surface area (Å²) in [6.07, 6.45) is 1.58. The highest BCUT2D eigenvalue weighted by Gasteiger charge is 2.30. The van der Waals surface area contributed by atoms with Gasteiger partial charge in [-0.3, -0.25) is 14.1 Å². The van der Waals surface area contributed by atoms with Crippen molar-refractivity contribution in [3.05, 3.63) is 90.8 Å². The lowest BCUT2D eigenvalue weighted by atomic mass is 10.1. The molecule has 7 nitrogen and oxygen atoms in total. The molecule has 0 bridgehead atoms. The van der Waals surface area contributed by atoms with E-state index in [1.54, 1.807) is 73.8 Å². The molecule has 1 amide bonds. The first-order chi connectivity index (χ1) is 16.4. The minimum Gasteiger partial charge on any atom is -0.494 e. The van der Waals surface area contributed by atoms with Crippen LogP contribution in [0.2, 0.25) is 0 Å². The van der Waals surface area contributed by atoms with Crippen molar-refractivity contribution in [2.24, 2.45) is 0 Å². The monoisotopic (exact) mass is 475 g/mol. The Hall–Kier alpha value is -3.91. The van der Waals surface area contributed by atoms with Crippen LogP contribution in [0.5, 0.6) is 5.75 Å². The molecular formula is C26H25N3O4S. The number of benzene rings is 3. The van der Waals surface area contributed by atoms with Gasteiger partial charge in [0.2, 0.25) is 5.91 Å². The minimum atomic E-state index is -4.09. The molecule has 174 valence electrons. The Bertz CT molecular complexity index is 1410. The zero-order valence-electron chi connectivity index (χ0n) is 18.9. The second-order valence-corrected chi connectivity index (χ2v) is 9.43. The fourth-order valence-electron chi connectivity index (χ4n) is 3.71. The molecular weight excluding hydrogens is 450 g/mol. The molecule has 0 atom stereocenters. The lowest BCUT2D eigenvalue weighted by Crippen LogP contribution is -2.38. The maximum absolute atomic E-state index is 13.9. The van der Waals surface area contributed by atoms with Crippen molar-refractivity contribution in [2.75, 3.05) is 22.8 Å². The van der Waals surface area contributed by atoms with Crippen molar-refractivity contribution in [1.29, 1.82) is 0 Å². The van der Waals surface area contributed by atoms with E-state index in [1.807, 2.05) is 25.1 Å². The number of pyridine rings is 1. The van der Waals surface area contributed by atoms with Gasteiger partial charge in [0.25, 0.3) is 10.0 Å². The van der Waals surface area contributed by atoms with Gasteiger partial charge in [0.1, 0.15) is 12.3 Å². The van der Waals surface area contributed by atoms with Crippen LogP contribution in [0.3, 0.4) is 0 Å². The van der Waals surface area contributed by atoms with Gasteiger partial charge in [-0.05, 0) is 61.7 Å². The van der Waals surface area contributed by atoms with E-state index in [2.05, 4.69) is 10.3 Å². The predicted molar refractivity (Wildman–Crippen MR) is 134 cm³/mol. The van der Waals surface area contributed by atoms with Gasteiger partial charge in [-0.15, -0.1) is 0 Å². The molecule has 0 saturated carbocycles. The number of hydrogen-bond acceptors (Lipinski definition) is 5. The maximum atomic E-state index is 13.9. The van der Waals surface area contributed by atoms with Crippen LogP contribution in [0.15, 0.2) is 90.0 Å². The van der Waals surface area contributed by atoms with Gasteiger partial charge >= 0.3 is 0 Å². The Kier molecular flexibility index (Phi) is 6.79. The summed E-state index contributed by atoms with van der Waals surface area (Å²) in [6, 6.07) is 22.6. The van der Waals surface area contributed by atoms with Gasteiger partial charge in [-0.2, -0.15) is 0 Å². The largest absolute Gasteiger partial charge is 0.494 e. The summed E-state index contributed by atoms with van der Waals surface area (Å²) in [5, 5.41) is 4.15. The van der Waals surface area contributed by atoms with Crippen LogP contribution in [-0.2, 0) is 14.8 Å². The molecule has 0 saturated heterocycles. The van der Waals surface area contributed by atoms with Gasteiger partial charge in [0.05, 0.1) is 22.9 Å². The van der Waals surface area contributed by atoms with Gasteiger partial charge in [0, 0.05) is 17.3 Å². The van der Waals surface area contributed by atoms with E-state index in [4.69, 9.17) is 4.74 Å². The van der Waals surface area contributed by atoms with Crippen LogP contribution in [0.1, 0.15) is 12.6 Å². The van der Waals surface area contributed by atoms with Crippen molar-refractivity contribution < 1.29 is 17.9 Å². The number of anilines is 2. The van der Waals surface area contributed by atoms with E-state index >= 15 is 0 Å². The summed E-state index contributed by atoms with van der Waals surface area (Å²) in [7, 11) is -4.09. The molecule has 0 aliphatic rings. The molecule has 0 radical (unpaired) electrons. The molecule has 1 aromatic heterocycles. The Labute approximate surface area is 199 Å². The molecule has 4 aromatic rings. The Morgan fingerprint density at radius 2 is 1.71 bits per heavy atom. The fourth-order valence-corrected chi connectivity index (χ4v) is 5.40. The van der Waals surface area contributed by atoms with E-state index in [-0.39, 0.29) is 4.90 Å². The zero-order chi connectivity index (χ0) is 24.1. The summed E-state index contributed by atoms with van der Waals surface area (Å²) in [5.74, 6) is 0.211. The zero-order valence-corrected chi connectivity index (χ0v) is 19.7. The van der Waals surface area contributed by atoms with Crippen molar-refractivity contribution in [2.45, 2.75) is 18.7 Å². The molecule has 3 aromatic carbocycles. The number of sulfonamides is 1. The second-order valence-electron chi connectivity index (χ2n) is 7.60. The third-order valence-electron chi connectivity index (χ3n) is 5.30. The number of nitrogens with one attached hydrogen (secondary N) is 1.